The zero-order valence-electron chi connectivity index (χ0n) is 17.7. The average Bonchev–Trinajstić information content (AvgIpc) is 3.20. The van der Waals surface area contributed by atoms with Crippen molar-refractivity contribution in [1.29, 1.82) is 0 Å². The number of ketones is 1. The van der Waals surface area contributed by atoms with Gasteiger partial charge in [-0.15, -0.1) is 0 Å². The summed E-state index contributed by atoms with van der Waals surface area (Å²) in [6.07, 6.45) is 0.529. The standard InChI is InChI=1S/C22H25NO7S/c1-4-31(26,27)23-10-9-16-12-17(6-7-18(16)23)19(24)13-30-22(25)14-29-20-8-5-15(2)11-21(20)28-3/h5-8,11-12H,4,9-10,13-14H2,1-3H3. The second kappa shape index (κ2) is 9.38. The lowest BCUT2D eigenvalue weighted by Gasteiger charge is -2.18. The van der Waals surface area contributed by atoms with Crippen molar-refractivity contribution < 1.29 is 32.2 Å². The van der Waals surface area contributed by atoms with Crippen LogP contribution >= 0.6 is 0 Å². The summed E-state index contributed by atoms with van der Waals surface area (Å²) in [7, 11) is -1.84. The summed E-state index contributed by atoms with van der Waals surface area (Å²) in [4.78, 5) is 24.4. The summed E-state index contributed by atoms with van der Waals surface area (Å²) in [6.45, 7) is 3.07. The molecule has 0 N–H and O–H groups in total. The fourth-order valence-electron chi connectivity index (χ4n) is 3.29. The van der Waals surface area contributed by atoms with Crippen LogP contribution in [-0.2, 0) is 26.0 Å². The van der Waals surface area contributed by atoms with Gasteiger partial charge in [0.1, 0.15) is 0 Å². The second-order valence-corrected chi connectivity index (χ2v) is 9.27. The summed E-state index contributed by atoms with van der Waals surface area (Å²) in [6, 6.07) is 10.1. The van der Waals surface area contributed by atoms with Crippen molar-refractivity contribution in [3.05, 3.63) is 53.1 Å². The zero-order chi connectivity index (χ0) is 22.6. The normalized spacial score (nSPS) is 12.9. The van der Waals surface area contributed by atoms with Gasteiger partial charge in [-0.1, -0.05) is 6.07 Å². The van der Waals surface area contributed by atoms with Gasteiger partial charge in [0.25, 0.3) is 0 Å². The van der Waals surface area contributed by atoms with Gasteiger partial charge in [-0.2, -0.15) is 0 Å². The molecule has 0 aromatic heterocycles. The van der Waals surface area contributed by atoms with Crippen molar-refractivity contribution in [2.24, 2.45) is 0 Å². The predicted octanol–water partition coefficient (Wildman–Crippen LogP) is 2.52. The van der Waals surface area contributed by atoms with Gasteiger partial charge >= 0.3 is 5.97 Å². The molecule has 0 radical (unpaired) electrons. The Bertz CT molecular complexity index is 1100. The van der Waals surface area contributed by atoms with Crippen LogP contribution in [0.2, 0.25) is 0 Å². The van der Waals surface area contributed by atoms with Crippen molar-refractivity contribution in [3.8, 4) is 11.5 Å². The third-order valence-corrected chi connectivity index (χ3v) is 6.76. The van der Waals surface area contributed by atoms with E-state index in [0.29, 0.717) is 35.7 Å². The van der Waals surface area contributed by atoms with E-state index in [1.54, 1.807) is 37.3 Å². The highest BCUT2D eigenvalue weighted by Gasteiger charge is 2.28. The zero-order valence-corrected chi connectivity index (χ0v) is 18.5. The number of hydrogen-bond acceptors (Lipinski definition) is 7. The number of benzene rings is 2. The minimum atomic E-state index is -3.35. The molecular formula is C22H25NO7S. The lowest BCUT2D eigenvalue weighted by Crippen LogP contribution is -2.30. The highest BCUT2D eigenvalue weighted by Crippen LogP contribution is 2.31. The molecule has 31 heavy (non-hydrogen) atoms. The quantitative estimate of drug-likeness (QED) is 0.430. The molecule has 0 saturated heterocycles. The van der Waals surface area contributed by atoms with Gasteiger partial charge < -0.3 is 14.2 Å². The molecule has 0 amide bonds. The van der Waals surface area contributed by atoms with Gasteiger partial charge in [0.15, 0.2) is 30.5 Å². The second-order valence-electron chi connectivity index (χ2n) is 7.09. The number of anilines is 1. The largest absolute Gasteiger partial charge is 0.493 e. The Hall–Kier alpha value is -3.07. The monoisotopic (exact) mass is 447 g/mol. The van der Waals surface area contributed by atoms with E-state index in [-0.39, 0.29) is 18.1 Å². The molecule has 0 bridgehead atoms. The SMILES string of the molecule is CCS(=O)(=O)N1CCc2cc(C(=O)COC(=O)COc3ccc(C)cc3OC)ccc21. The van der Waals surface area contributed by atoms with E-state index in [0.717, 1.165) is 11.1 Å². The van der Waals surface area contributed by atoms with Gasteiger partial charge in [0.2, 0.25) is 10.0 Å². The molecule has 1 aliphatic heterocycles. The molecule has 2 aromatic carbocycles. The maximum atomic E-state index is 12.4. The van der Waals surface area contributed by atoms with Crippen molar-refractivity contribution >= 4 is 27.5 Å². The van der Waals surface area contributed by atoms with Gasteiger partial charge in [0, 0.05) is 12.1 Å². The minimum Gasteiger partial charge on any atom is -0.493 e. The molecule has 1 aliphatic rings. The first-order valence-electron chi connectivity index (χ1n) is 9.84. The first-order chi connectivity index (χ1) is 14.7. The van der Waals surface area contributed by atoms with Gasteiger partial charge in [-0.05, 0) is 61.7 Å². The Labute approximate surface area is 181 Å². The van der Waals surface area contributed by atoms with Crippen LogP contribution in [0.25, 0.3) is 0 Å². The summed E-state index contributed by atoms with van der Waals surface area (Å²) >= 11 is 0. The van der Waals surface area contributed by atoms with Crippen molar-refractivity contribution in [3.63, 3.8) is 0 Å². The predicted molar refractivity (Wildman–Crippen MR) is 115 cm³/mol. The third kappa shape index (κ3) is 5.16. The van der Waals surface area contributed by atoms with E-state index in [1.165, 1.54) is 11.4 Å². The number of ether oxygens (including phenoxy) is 3. The topological polar surface area (TPSA) is 99.2 Å². The number of nitrogens with zero attached hydrogens (tertiary/aromatic N) is 1. The fraction of sp³-hybridized carbons (Fsp3) is 0.364. The van der Waals surface area contributed by atoms with Crippen molar-refractivity contribution in [1.82, 2.24) is 0 Å². The lowest BCUT2D eigenvalue weighted by atomic mass is 10.1. The highest BCUT2D eigenvalue weighted by molar-refractivity contribution is 7.92. The number of methoxy groups -OCH3 is 1. The number of Topliss-reactive ketones (excluding diaryl/α,β-unsaturated/α-hetero) is 1. The molecule has 166 valence electrons. The number of rotatable bonds is 9. The number of carbonyl (C=O) groups excluding carboxylic acids is 2. The minimum absolute atomic E-state index is 0.0135. The van der Waals surface area contributed by atoms with E-state index in [9.17, 15) is 18.0 Å². The van der Waals surface area contributed by atoms with Crippen molar-refractivity contribution in [2.75, 3.05) is 36.9 Å². The Morgan fingerprint density at radius 1 is 1.06 bits per heavy atom. The van der Waals surface area contributed by atoms with Crippen LogP contribution in [-0.4, -0.2) is 52.8 Å². The van der Waals surface area contributed by atoms with Crippen LogP contribution in [0.1, 0.15) is 28.4 Å². The van der Waals surface area contributed by atoms with Crippen LogP contribution < -0.4 is 13.8 Å². The number of aryl methyl sites for hydroxylation is 1. The summed E-state index contributed by atoms with van der Waals surface area (Å²) in [5.74, 6) is -0.138. The molecule has 3 rings (SSSR count). The van der Waals surface area contributed by atoms with Crippen LogP contribution in [0.15, 0.2) is 36.4 Å². The van der Waals surface area contributed by atoms with Crippen LogP contribution in [0.4, 0.5) is 5.69 Å². The fourth-order valence-corrected chi connectivity index (χ4v) is 4.45. The first kappa shape index (κ1) is 22.6. The van der Waals surface area contributed by atoms with E-state index in [1.807, 2.05) is 13.0 Å². The lowest BCUT2D eigenvalue weighted by molar-refractivity contribution is -0.144. The number of esters is 1. The molecule has 0 aliphatic carbocycles. The first-order valence-corrected chi connectivity index (χ1v) is 11.5. The molecule has 2 aromatic rings. The van der Waals surface area contributed by atoms with Crippen LogP contribution in [0.5, 0.6) is 11.5 Å². The molecular weight excluding hydrogens is 422 g/mol. The molecule has 0 unspecified atom stereocenters. The summed E-state index contributed by atoms with van der Waals surface area (Å²) in [5.41, 5.74) is 2.73. The van der Waals surface area contributed by atoms with Gasteiger partial charge in [-0.25, -0.2) is 13.2 Å². The third-order valence-electron chi connectivity index (χ3n) is 4.98. The molecule has 0 atom stereocenters. The number of fused-ring (bicyclic) bond motifs is 1. The molecule has 0 spiro atoms. The Balaban J connectivity index is 1.56. The molecule has 0 fully saturated rings. The smallest absolute Gasteiger partial charge is 0.344 e. The number of hydrogen-bond donors (Lipinski definition) is 0. The Morgan fingerprint density at radius 2 is 1.84 bits per heavy atom. The van der Waals surface area contributed by atoms with Gasteiger partial charge in [-0.3, -0.25) is 9.10 Å². The Kier molecular flexibility index (Phi) is 6.84. The van der Waals surface area contributed by atoms with E-state index < -0.39 is 22.6 Å². The maximum absolute atomic E-state index is 12.4. The van der Waals surface area contributed by atoms with E-state index >= 15 is 0 Å². The van der Waals surface area contributed by atoms with E-state index in [2.05, 4.69) is 0 Å². The van der Waals surface area contributed by atoms with Crippen LogP contribution in [0.3, 0.4) is 0 Å². The molecule has 0 saturated carbocycles. The molecule has 1 heterocycles. The highest BCUT2D eigenvalue weighted by atomic mass is 32.2. The molecule has 9 heteroatoms. The average molecular weight is 448 g/mol. The van der Waals surface area contributed by atoms with Crippen molar-refractivity contribution in [2.45, 2.75) is 20.3 Å². The summed E-state index contributed by atoms with van der Waals surface area (Å²) in [5, 5.41) is 0. The van der Waals surface area contributed by atoms with E-state index in [4.69, 9.17) is 14.2 Å². The summed E-state index contributed by atoms with van der Waals surface area (Å²) < 4.78 is 41.4. The van der Waals surface area contributed by atoms with Gasteiger partial charge in [0.05, 0.1) is 18.6 Å². The molecule has 8 nitrogen and oxygen atoms in total. The Morgan fingerprint density at radius 3 is 2.55 bits per heavy atom. The maximum Gasteiger partial charge on any atom is 0.344 e. The number of sulfonamides is 1. The van der Waals surface area contributed by atoms with Crippen LogP contribution in [0, 0.1) is 6.92 Å². The number of carbonyl (C=O) groups is 2.